The summed E-state index contributed by atoms with van der Waals surface area (Å²) >= 11 is 0. The molecule has 6 heteroatoms. The number of carbonyl (C=O) groups excluding carboxylic acids is 2. The zero-order valence-electron chi connectivity index (χ0n) is 20.3. The van der Waals surface area contributed by atoms with E-state index in [-0.39, 0.29) is 24.9 Å². The molecule has 2 aromatic carbocycles. The zero-order chi connectivity index (χ0) is 24.3. The van der Waals surface area contributed by atoms with E-state index in [4.69, 9.17) is 15.2 Å². The van der Waals surface area contributed by atoms with Gasteiger partial charge in [0.1, 0.15) is 11.7 Å². The van der Waals surface area contributed by atoms with Crippen LogP contribution in [0.2, 0.25) is 0 Å². The van der Waals surface area contributed by atoms with E-state index in [1.807, 2.05) is 69.3 Å². The smallest absolute Gasteiger partial charge is 0.408 e. The summed E-state index contributed by atoms with van der Waals surface area (Å²) in [6.07, 6.45) is 1.04. The van der Waals surface area contributed by atoms with E-state index < -0.39 is 23.8 Å². The van der Waals surface area contributed by atoms with Crippen LogP contribution in [0.4, 0.5) is 4.79 Å². The maximum Gasteiger partial charge on any atom is 0.408 e. The molecule has 0 aromatic heterocycles. The van der Waals surface area contributed by atoms with Crippen molar-refractivity contribution in [2.24, 2.45) is 11.7 Å². The first-order valence-electron chi connectivity index (χ1n) is 11.6. The highest BCUT2D eigenvalue weighted by Crippen LogP contribution is 2.21. The zero-order valence-corrected chi connectivity index (χ0v) is 20.3. The van der Waals surface area contributed by atoms with Crippen LogP contribution in [-0.2, 0) is 27.1 Å². The van der Waals surface area contributed by atoms with Gasteiger partial charge in [0.15, 0.2) is 0 Å². The van der Waals surface area contributed by atoms with Gasteiger partial charge in [-0.2, -0.15) is 0 Å². The van der Waals surface area contributed by atoms with E-state index in [1.165, 1.54) is 5.56 Å². The number of nitrogens with one attached hydrogen (secondary N) is 1. The summed E-state index contributed by atoms with van der Waals surface area (Å²) in [5.41, 5.74) is 7.19. The lowest BCUT2D eigenvalue weighted by Gasteiger charge is -2.31. The maximum absolute atomic E-state index is 12.7. The molecule has 0 spiro atoms. The van der Waals surface area contributed by atoms with Gasteiger partial charge in [-0.3, -0.25) is 4.79 Å². The monoisotopic (exact) mass is 454 g/mol. The number of benzene rings is 2. The molecule has 6 nitrogen and oxygen atoms in total. The van der Waals surface area contributed by atoms with E-state index in [0.717, 1.165) is 12.0 Å². The first-order valence-corrected chi connectivity index (χ1v) is 11.6. The van der Waals surface area contributed by atoms with Crippen molar-refractivity contribution in [1.29, 1.82) is 0 Å². The molecular formula is C27H38N2O4. The summed E-state index contributed by atoms with van der Waals surface area (Å²) in [7, 11) is 0. The highest BCUT2D eigenvalue weighted by Gasteiger charge is 2.30. The molecular weight excluding hydrogens is 416 g/mol. The van der Waals surface area contributed by atoms with Crippen LogP contribution >= 0.6 is 0 Å². The van der Waals surface area contributed by atoms with Crippen LogP contribution in [0.15, 0.2) is 60.7 Å². The molecule has 0 unspecified atom stereocenters. The average Bonchev–Trinajstić information content (AvgIpc) is 2.73. The molecule has 0 aliphatic heterocycles. The third-order valence-electron chi connectivity index (χ3n) is 5.14. The molecule has 0 saturated heterocycles. The summed E-state index contributed by atoms with van der Waals surface area (Å²) in [6, 6.07) is 19.6. The summed E-state index contributed by atoms with van der Waals surface area (Å²) in [6.45, 7) is 7.80. The van der Waals surface area contributed by atoms with Crippen molar-refractivity contribution >= 4 is 12.1 Å². The molecule has 0 saturated carbocycles. The van der Waals surface area contributed by atoms with Gasteiger partial charge in [-0.1, -0.05) is 67.6 Å². The first-order chi connectivity index (χ1) is 15.7. The molecule has 33 heavy (non-hydrogen) atoms. The Morgan fingerprint density at radius 3 is 2.00 bits per heavy atom. The van der Waals surface area contributed by atoms with Crippen LogP contribution < -0.4 is 11.1 Å². The van der Waals surface area contributed by atoms with Gasteiger partial charge >= 0.3 is 12.1 Å². The number of ether oxygens (including phenoxy) is 2. The summed E-state index contributed by atoms with van der Waals surface area (Å²) in [5.74, 6) is -0.139. The second kappa shape index (κ2) is 13.0. The molecule has 0 radical (unpaired) electrons. The van der Waals surface area contributed by atoms with Gasteiger partial charge in [-0.15, -0.1) is 0 Å². The first kappa shape index (κ1) is 26.4. The van der Waals surface area contributed by atoms with Crippen molar-refractivity contribution in [3.05, 3.63) is 71.8 Å². The summed E-state index contributed by atoms with van der Waals surface area (Å²) < 4.78 is 11.4. The van der Waals surface area contributed by atoms with Crippen LogP contribution in [0.25, 0.3) is 0 Å². The average molecular weight is 455 g/mol. The molecule has 2 aromatic rings. The third-order valence-corrected chi connectivity index (χ3v) is 5.14. The fourth-order valence-corrected chi connectivity index (χ4v) is 3.74. The van der Waals surface area contributed by atoms with Crippen molar-refractivity contribution in [1.82, 2.24) is 5.32 Å². The predicted molar refractivity (Wildman–Crippen MR) is 131 cm³/mol. The highest BCUT2D eigenvalue weighted by molar-refractivity contribution is 5.70. The molecule has 0 fully saturated rings. The summed E-state index contributed by atoms with van der Waals surface area (Å²) in [4.78, 5) is 25.1. The van der Waals surface area contributed by atoms with Crippen molar-refractivity contribution in [3.63, 3.8) is 0 Å². The maximum atomic E-state index is 12.7. The van der Waals surface area contributed by atoms with Crippen LogP contribution in [0.1, 0.15) is 51.7 Å². The van der Waals surface area contributed by atoms with Crippen molar-refractivity contribution in [3.8, 4) is 0 Å². The second-order valence-corrected chi connectivity index (χ2v) is 9.54. The Hall–Kier alpha value is -2.86. The molecule has 2 rings (SSSR count). The molecule has 3 N–H and O–H groups in total. The van der Waals surface area contributed by atoms with Gasteiger partial charge in [0.25, 0.3) is 0 Å². The second-order valence-electron chi connectivity index (χ2n) is 9.54. The van der Waals surface area contributed by atoms with Crippen molar-refractivity contribution in [2.45, 2.75) is 71.1 Å². The Morgan fingerprint density at radius 1 is 0.939 bits per heavy atom. The number of rotatable bonds is 11. The Balaban J connectivity index is 2.24. The lowest BCUT2D eigenvalue weighted by atomic mass is 9.90. The summed E-state index contributed by atoms with van der Waals surface area (Å²) in [5, 5.41) is 2.97. The number of hydrogen-bond donors (Lipinski definition) is 2. The molecule has 180 valence electrons. The minimum atomic E-state index is -0.631. The minimum absolute atomic E-state index is 0.133. The van der Waals surface area contributed by atoms with E-state index in [1.54, 1.807) is 0 Å². The van der Waals surface area contributed by atoms with E-state index in [9.17, 15) is 9.59 Å². The molecule has 3 atom stereocenters. The lowest BCUT2D eigenvalue weighted by Crippen LogP contribution is -2.49. The topological polar surface area (TPSA) is 90.6 Å². The Kier molecular flexibility index (Phi) is 10.4. The van der Waals surface area contributed by atoms with Gasteiger partial charge in [0.2, 0.25) is 0 Å². The van der Waals surface area contributed by atoms with E-state index in [0.29, 0.717) is 12.8 Å². The van der Waals surface area contributed by atoms with Gasteiger partial charge < -0.3 is 20.5 Å². The highest BCUT2D eigenvalue weighted by atomic mass is 16.6. The van der Waals surface area contributed by atoms with Gasteiger partial charge in [0, 0.05) is 6.54 Å². The standard InChI is InChI=1S/C27H38N2O4/c1-20(17-21-11-7-5-8-12-21)18-24(32-25(30)15-16-28)23(19-22-13-9-6-10-14-22)29-26(31)33-27(2,3)4/h5-14,20,23-24H,15-19,28H2,1-4H3,(H,29,31)/t20-,23+,24+/m1/s1. The lowest BCUT2D eigenvalue weighted by molar-refractivity contribution is -0.151. The van der Waals surface area contributed by atoms with Crippen LogP contribution in [0.5, 0.6) is 0 Å². The number of amides is 1. The molecule has 0 bridgehead atoms. The molecule has 1 amide bonds. The number of alkyl carbamates (subject to hydrolysis) is 1. The van der Waals surface area contributed by atoms with Crippen molar-refractivity contribution < 1.29 is 19.1 Å². The normalized spacial score (nSPS) is 14.1. The quantitative estimate of drug-likeness (QED) is 0.482. The van der Waals surface area contributed by atoms with Gasteiger partial charge in [-0.25, -0.2) is 4.79 Å². The van der Waals surface area contributed by atoms with Gasteiger partial charge in [0.05, 0.1) is 12.5 Å². The number of hydrogen-bond acceptors (Lipinski definition) is 5. The number of nitrogens with two attached hydrogens (primary N) is 1. The Morgan fingerprint density at radius 2 is 1.48 bits per heavy atom. The van der Waals surface area contributed by atoms with E-state index >= 15 is 0 Å². The Labute approximate surface area is 197 Å². The predicted octanol–water partition coefficient (Wildman–Crippen LogP) is 4.65. The fourth-order valence-electron chi connectivity index (χ4n) is 3.74. The molecule has 0 aliphatic rings. The van der Waals surface area contributed by atoms with E-state index in [2.05, 4.69) is 24.4 Å². The largest absolute Gasteiger partial charge is 0.460 e. The molecule has 0 heterocycles. The third kappa shape index (κ3) is 10.5. The number of esters is 1. The van der Waals surface area contributed by atoms with Crippen LogP contribution in [-0.4, -0.2) is 36.4 Å². The van der Waals surface area contributed by atoms with Crippen LogP contribution in [0, 0.1) is 5.92 Å². The SMILES string of the molecule is C[C@H](Cc1ccccc1)C[C@H](OC(=O)CCN)[C@H](Cc1ccccc1)NC(=O)OC(C)(C)C. The van der Waals surface area contributed by atoms with Crippen LogP contribution in [0.3, 0.4) is 0 Å². The Bertz CT molecular complexity index is 849. The van der Waals surface area contributed by atoms with Gasteiger partial charge in [-0.05, 0) is 57.1 Å². The van der Waals surface area contributed by atoms with Crippen molar-refractivity contribution in [2.75, 3.05) is 6.54 Å². The minimum Gasteiger partial charge on any atom is -0.460 e. The number of carbonyl (C=O) groups is 2. The fraction of sp³-hybridized carbons (Fsp3) is 0.481. The molecule has 0 aliphatic carbocycles.